The normalized spacial score (nSPS) is 12.4. The molecule has 1 amide bonds. The average molecular weight is 362 g/mol. The molecule has 0 radical (unpaired) electrons. The first-order valence-electron chi connectivity index (χ1n) is 9.08. The van der Waals surface area contributed by atoms with Gasteiger partial charge in [0.05, 0.1) is 0 Å². The maximum absolute atomic E-state index is 12.4. The highest BCUT2D eigenvalue weighted by Gasteiger charge is 2.16. The zero-order valence-electron chi connectivity index (χ0n) is 15.6. The lowest BCUT2D eigenvalue weighted by Gasteiger charge is -2.14. The number of fused-ring (bicyclic) bond motifs is 3. The third-order valence-corrected chi connectivity index (χ3v) is 4.74. The van der Waals surface area contributed by atoms with E-state index in [1.807, 2.05) is 13.0 Å². The molecule has 0 aliphatic carbocycles. The van der Waals surface area contributed by atoms with Crippen molar-refractivity contribution < 1.29 is 9.32 Å². The predicted molar refractivity (Wildman–Crippen MR) is 108 cm³/mol. The molecule has 0 aliphatic heterocycles. The molecule has 0 saturated carbocycles. The Bertz CT molecular complexity index is 1130. The minimum atomic E-state index is -0.418. The third kappa shape index (κ3) is 3.14. The van der Waals surface area contributed by atoms with Crippen molar-refractivity contribution in [3.05, 3.63) is 54.3 Å². The van der Waals surface area contributed by atoms with Crippen LogP contribution >= 0.6 is 0 Å². The van der Waals surface area contributed by atoms with Crippen LogP contribution in [0.15, 0.2) is 53.1 Å². The third-order valence-electron chi connectivity index (χ3n) is 4.74. The van der Waals surface area contributed by atoms with E-state index in [2.05, 4.69) is 63.7 Å². The van der Waals surface area contributed by atoms with E-state index in [9.17, 15) is 4.79 Å². The van der Waals surface area contributed by atoms with Gasteiger partial charge in [-0.2, -0.15) is 0 Å². The van der Waals surface area contributed by atoms with Crippen LogP contribution in [0.2, 0.25) is 0 Å². The fourth-order valence-corrected chi connectivity index (χ4v) is 3.46. The summed E-state index contributed by atoms with van der Waals surface area (Å²) >= 11 is 0. The van der Waals surface area contributed by atoms with Crippen LogP contribution in [0, 0.1) is 6.92 Å². The second-order valence-electron chi connectivity index (χ2n) is 6.67. The van der Waals surface area contributed by atoms with Gasteiger partial charge in [0.15, 0.2) is 5.82 Å². The fraction of sp³-hybridized carbons (Fsp3) is 0.238. The molecule has 1 atom stereocenters. The van der Waals surface area contributed by atoms with Gasteiger partial charge in [-0.3, -0.25) is 4.79 Å². The van der Waals surface area contributed by atoms with Crippen LogP contribution in [0.4, 0.5) is 11.5 Å². The quantitative estimate of drug-likeness (QED) is 0.546. The Morgan fingerprint density at radius 2 is 1.93 bits per heavy atom. The summed E-state index contributed by atoms with van der Waals surface area (Å²) in [4.78, 5) is 12.4. The van der Waals surface area contributed by atoms with Crippen molar-refractivity contribution in [2.24, 2.45) is 0 Å². The van der Waals surface area contributed by atoms with Crippen LogP contribution in [0.5, 0.6) is 0 Å². The van der Waals surface area contributed by atoms with E-state index in [1.54, 1.807) is 13.0 Å². The zero-order valence-corrected chi connectivity index (χ0v) is 15.6. The SMILES string of the molecule is CCn1c2ccccc2c2cc(N[C@H](C)C(=O)Nc3cc(C)on3)ccc21. The summed E-state index contributed by atoms with van der Waals surface area (Å²) in [7, 11) is 0. The molecule has 6 nitrogen and oxygen atoms in total. The van der Waals surface area contributed by atoms with Crippen molar-refractivity contribution in [2.45, 2.75) is 33.4 Å². The van der Waals surface area contributed by atoms with Crippen LogP contribution in [-0.4, -0.2) is 21.7 Å². The monoisotopic (exact) mass is 362 g/mol. The first kappa shape index (κ1) is 17.1. The second kappa shape index (κ2) is 6.79. The molecule has 0 spiro atoms. The number of nitrogens with one attached hydrogen (secondary N) is 2. The summed E-state index contributed by atoms with van der Waals surface area (Å²) in [5, 5.41) is 12.2. The van der Waals surface area contributed by atoms with E-state index in [0.29, 0.717) is 11.6 Å². The van der Waals surface area contributed by atoms with E-state index < -0.39 is 6.04 Å². The van der Waals surface area contributed by atoms with E-state index >= 15 is 0 Å². The summed E-state index contributed by atoms with van der Waals surface area (Å²) in [6, 6.07) is 15.9. The number of nitrogens with zero attached hydrogens (tertiary/aromatic N) is 2. The Balaban J connectivity index is 1.60. The molecule has 138 valence electrons. The Kier molecular flexibility index (Phi) is 4.32. The number of hydrogen-bond donors (Lipinski definition) is 2. The highest BCUT2D eigenvalue weighted by Crippen LogP contribution is 2.31. The molecular weight excluding hydrogens is 340 g/mol. The van der Waals surface area contributed by atoms with Gasteiger partial charge in [-0.1, -0.05) is 23.4 Å². The number of carbonyl (C=O) groups excluding carboxylic acids is 1. The van der Waals surface area contributed by atoms with Gasteiger partial charge in [0.2, 0.25) is 5.91 Å². The second-order valence-corrected chi connectivity index (χ2v) is 6.67. The molecule has 0 fully saturated rings. The van der Waals surface area contributed by atoms with Gasteiger partial charge in [-0.05, 0) is 45.0 Å². The van der Waals surface area contributed by atoms with Crippen molar-refractivity contribution in [1.82, 2.24) is 9.72 Å². The molecular formula is C21H22N4O2. The highest BCUT2D eigenvalue weighted by atomic mass is 16.5. The molecule has 0 unspecified atom stereocenters. The van der Waals surface area contributed by atoms with Crippen molar-refractivity contribution >= 4 is 39.2 Å². The average Bonchev–Trinajstić information content (AvgIpc) is 3.22. The number of aromatic nitrogens is 2. The molecule has 0 aliphatic rings. The summed E-state index contributed by atoms with van der Waals surface area (Å²) in [5.74, 6) is 0.913. The van der Waals surface area contributed by atoms with Crippen LogP contribution in [0.1, 0.15) is 19.6 Å². The first-order valence-corrected chi connectivity index (χ1v) is 9.08. The molecule has 4 aromatic rings. The summed E-state index contributed by atoms with van der Waals surface area (Å²) < 4.78 is 7.28. The standard InChI is InChI=1S/C21H22N4O2/c1-4-25-18-8-6-5-7-16(18)17-12-15(9-10-19(17)25)22-14(3)21(26)23-20-11-13(2)27-24-20/h5-12,14,22H,4H2,1-3H3,(H,23,24,26)/t14-/m1/s1. The summed E-state index contributed by atoms with van der Waals surface area (Å²) in [6.45, 7) is 6.66. The highest BCUT2D eigenvalue weighted by molar-refractivity contribution is 6.09. The van der Waals surface area contributed by atoms with E-state index in [4.69, 9.17) is 4.52 Å². The topological polar surface area (TPSA) is 72.1 Å². The number of aryl methyl sites for hydroxylation is 2. The van der Waals surface area contributed by atoms with Crippen LogP contribution in [0.25, 0.3) is 21.8 Å². The van der Waals surface area contributed by atoms with Crippen molar-refractivity contribution in [3.8, 4) is 0 Å². The largest absolute Gasteiger partial charge is 0.374 e. The Labute approximate surface area is 157 Å². The molecule has 27 heavy (non-hydrogen) atoms. The van der Waals surface area contributed by atoms with Crippen molar-refractivity contribution in [2.75, 3.05) is 10.6 Å². The van der Waals surface area contributed by atoms with Crippen LogP contribution < -0.4 is 10.6 Å². The molecule has 4 rings (SSSR count). The van der Waals surface area contributed by atoms with Crippen LogP contribution in [0.3, 0.4) is 0 Å². The van der Waals surface area contributed by atoms with Gasteiger partial charge < -0.3 is 19.7 Å². The van der Waals surface area contributed by atoms with Crippen molar-refractivity contribution in [3.63, 3.8) is 0 Å². The van der Waals surface area contributed by atoms with Gasteiger partial charge in [-0.25, -0.2) is 0 Å². The van der Waals surface area contributed by atoms with Gasteiger partial charge in [0, 0.05) is 40.1 Å². The Hall–Kier alpha value is -3.28. The summed E-state index contributed by atoms with van der Waals surface area (Å²) in [5.41, 5.74) is 3.32. The Morgan fingerprint density at radius 3 is 2.67 bits per heavy atom. The van der Waals surface area contributed by atoms with Crippen molar-refractivity contribution in [1.29, 1.82) is 0 Å². The van der Waals surface area contributed by atoms with Crippen LogP contribution in [-0.2, 0) is 11.3 Å². The Morgan fingerprint density at radius 1 is 1.15 bits per heavy atom. The number of rotatable bonds is 5. The lowest BCUT2D eigenvalue weighted by Crippen LogP contribution is -2.31. The lowest BCUT2D eigenvalue weighted by molar-refractivity contribution is -0.116. The summed E-state index contributed by atoms with van der Waals surface area (Å²) in [6.07, 6.45) is 0. The van der Waals surface area contributed by atoms with E-state index in [0.717, 1.165) is 12.2 Å². The molecule has 2 aromatic carbocycles. The maximum Gasteiger partial charge on any atom is 0.247 e. The predicted octanol–water partition coefficient (Wildman–Crippen LogP) is 4.55. The lowest BCUT2D eigenvalue weighted by atomic mass is 10.1. The molecule has 2 heterocycles. The number of benzene rings is 2. The minimum Gasteiger partial charge on any atom is -0.374 e. The number of anilines is 2. The number of carbonyl (C=O) groups is 1. The number of amides is 1. The van der Waals surface area contributed by atoms with E-state index in [-0.39, 0.29) is 5.91 Å². The van der Waals surface area contributed by atoms with Gasteiger partial charge in [-0.15, -0.1) is 0 Å². The van der Waals surface area contributed by atoms with Gasteiger partial charge >= 0.3 is 0 Å². The molecule has 2 aromatic heterocycles. The number of hydrogen-bond acceptors (Lipinski definition) is 4. The maximum atomic E-state index is 12.4. The van der Waals surface area contributed by atoms with Gasteiger partial charge in [0.25, 0.3) is 0 Å². The minimum absolute atomic E-state index is 0.167. The number of para-hydroxylation sites is 1. The molecule has 0 bridgehead atoms. The smallest absolute Gasteiger partial charge is 0.247 e. The van der Waals surface area contributed by atoms with Gasteiger partial charge in [0.1, 0.15) is 11.8 Å². The van der Waals surface area contributed by atoms with E-state index in [1.165, 1.54) is 21.8 Å². The zero-order chi connectivity index (χ0) is 19.0. The fourth-order valence-electron chi connectivity index (χ4n) is 3.46. The first-order chi connectivity index (χ1) is 13.1. The molecule has 2 N–H and O–H groups in total. The molecule has 0 saturated heterocycles. The molecule has 6 heteroatoms.